The van der Waals surface area contributed by atoms with Gasteiger partial charge in [0, 0.05) is 63.3 Å². The Bertz CT molecular complexity index is 3820. The number of carbonyl (C=O) groups excluding carboxylic acids is 5. The summed E-state index contributed by atoms with van der Waals surface area (Å²) in [6.07, 6.45) is 5.57. The molecule has 3 saturated heterocycles. The highest BCUT2D eigenvalue weighted by Crippen LogP contribution is 2.46. The smallest absolute Gasteiger partial charge is 0.413 e. The van der Waals surface area contributed by atoms with Gasteiger partial charge in [0.1, 0.15) is 85.1 Å². The Labute approximate surface area is 649 Å². The number of alkyl halides is 6. The van der Waals surface area contributed by atoms with E-state index in [1.165, 1.54) is 43.8 Å². The molecule has 2 N–H and O–H groups in total. The summed E-state index contributed by atoms with van der Waals surface area (Å²) in [7, 11) is 7.52. The molecule has 0 aliphatic carbocycles. The number of rotatable bonds is 19. The van der Waals surface area contributed by atoms with E-state index in [0.717, 1.165) is 37.6 Å². The Hall–Kier alpha value is -7.60. The van der Waals surface area contributed by atoms with Gasteiger partial charge in [0.05, 0.1) is 33.9 Å². The number of nitrogens with one attached hydrogen (secondary N) is 1. The molecule has 8 atom stereocenters. The van der Waals surface area contributed by atoms with Gasteiger partial charge in [-0.05, 0) is 190 Å². The van der Waals surface area contributed by atoms with E-state index in [0.29, 0.717) is 21.6 Å². The molecule has 3 aliphatic heterocycles. The van der Waals surface area contributed by atoms with Crippen LogP contribution in [0.3, 0.4) is 0 Å². The lowest BCUT2D eigenvalue weighted by atomic mass is 10.00. The van der Waals surface area contributed by atoms with Crippen LogP contribution in [0.25, 0.3) is 20.9 Å². The Morgan fingerprint density at radius 2 is 0.879 bits per heavy atom. The van der Waals surface area contributed by atoms with Crippen LogP contribution < -0.4 is 5.32 Å². The second-order valence-corrected chi connectivity index (χ2v) is 33.4. The maximum absolute atomic E-state index is 14.0. The van der Waals surface area contributed by atoms with Crippen molar-refractivity contribution in [3.63, 3.8) is 0 Å². The van der Waals surface area contributed by atoms with Crippen molar-refractivity contribution >= 4 is 93.3 Å². The third-order valence-corrected chi connectivity index (χ3v) is 18.7. The number of allylic oxidation sites excluding steroid dienone is 2. The van der Waals surface area contributed by atoms with Crippen LogP contribution in [-0.4, -0.2) is 191 Å². The van der Waals surface area contributed by atoms with Crippen LogP contribution in [0.5, 0.6) is 0 Å². The molecule has 29 heteroatoms. The molecule has 584 valence electrons. The third kappa shape index (κ3) is 24.7. The van der Waals surface area contributed by atoms with Gasteiger partial charge in [-0.3, -0.25) is 24.3 Å². The number of halogens is 6. The number of ketones is 1. The molecule has 3 fully saturated rings. The summed E-state index contributed by atoms with van der Waals surface area (Å²) in [5.41, 5.74) is 1.14. The minimum atomic E-state index is -1.31. The fourth-order valence-corrected chi connectivity index (χ4v) is 13.2. The van der Waals surface area contributed by atoms with Crippen molar-refractivity contribution in [3.8, 4) is 20.9 Å². The van der Waals surface area contributed by atoms with Gasteiger partial charge >= 0.3 is 18.3 Å². The molecule has 0 unspecified atom stereocenters. The van der Waals surface area contributed by atoms with Crippen LogP contribution >= 0.6 is 58.5 Å². The van der Waals surface area contributed by atoms with Gasteiger partial charge in [-0.15, -0.1) is 0 Å². The highest BCUT2D eigenvalue weighted by Gasteiger charge is 2.55. The van der Waals surface area contributed by atoms with E-state index in [2.05, 4.69) is 14.1 Å². The lowest BCUT2D eigenvalue weighted by Gasteiger charge is -2.34. The Balaban J connectivity index is 0.000000224. The van der Waals surface area contributed by atoms with Gasteiger partial charge in [0.15, 0.2) is 10.6 Å². The van der Waals surface area contributed by atoms with Crippen molar-refractivity contribution in [2.24, 2.45) is 0 Å². The second-order valence-electron chi connectivity index (χ2n) is 30.2. The number of hydrogen-bond acceptors (Lipinski definition) is 19. The molecule has 6 aromatic rings. The number of aromatic nitrogens is 2. The maximum Gasteiger partial charge on any atom is 0.413 e. The maximum atomic E-state index is 14.0. The minimum Gasteiger partial charge on any atom is -0.444 e. The van der Waals surface area contributed by atoms with Gasteiger partial charge in [-0.1, -0.05) is 132 Å². The Morgan fingerprint density at radius 3 is 1.18 bits per heavy atom. The number of thiocarbonyl (C=S) groups is 1. The van der Waals surface area contributed by atoms with Crippen molar-refractivity contribution < 1.29 is 75.1 Å². The molecule has 4 aromatic carbocycles. The number of carbonyl (C=O) groups is 5. The van der Waals surface area contributed by atoms with Crippen LogP contribution in [-0.2, 0) is 33.2 Å². The first-order valence-corrected chi connectivity index (χ1v) is 37.3. The third-order valence-electron chi connectivity index (χ3n) is 16.4. The molecule has 0 bridgehead atoms. The predicted octanol–water partition coefficient (Wildman–Crippen LogP) is 17.5. The highest BCUT2D eigenvalue weighted by molar-refractivity contribution is 7.81. The molecule has 3 aliphatic rings. The topological polar surface area (TPSA) is 215 Å². The summed E-state index contributed by atoms with van der Waals surface area (Å²) in [5.74, 6) is -0.873. The Kier molecular flexibility index (Phi) is 31.1. The van der Waals surface area contributed by atoms with Gasteiger partial charge in [0.2, 0.25) is 0 Å². The number of hydrogen-bond donors (Lipinski definition) is 2. The molecule has 20 nitrogen and oxygen atoms in total. The molecule has 4 amide bonds. The molecular formula is C78H100Cl2F4N8O12S3. The van der Waals surface area contributed by atoms with E-state index >= 15 is 0 Å². The molecule has 5 heterocycles. The number of nitrogens with zero attached hydrogens (tertiary/aromatic N) is 7. The van der Waals surface area contributed by atoms with Gasteiger partial charge in [0.25, 0.3) is 5.91 Å². The number of benzene rings is 4. The van der Waals surface area contributed by atoms with Crippen molar-refractivity contribution in [2.75, 3.05) is 54.9 Å². The first-order valence-electron chi connectivity index (χ1n) is 34.5. The fourth-order valence-electron chi connectivity index (χ4n) is 11.7. The number of aliphatic hydroxyl groups is 1. The summed E-state index contributed by atoms with van der Waals surface area (Å²) in [6.45, 7) is 23.2. The quantitative estimate of drug-likeness (QED) is 0.0193. The molecule has 0 spiro atoms. The van der Waals surface area contributed by atoms with Crippen molar-refractivity contribution in [1.82, 2.24) is 38.6 Å². The minimum absolute atomic E-state index is 0.129. The zero-order chi connectivity index (χ0) is 79.9. The van der Waals surface area contributed by atoms with E-state index < -0.39 is 138 Å². The fraction of sp³-hybridized carbons (Fsp3) is 0.487. The number of aliphatic hydroxyl groups excluding tert-OH is 1. The van der Waals surface area contributed by atoms with Crippen LogP contribution in [0.2, 0.25) is 0 Å². The van der Waals surface area contributed by atoms with E-state index in [1.807, 2.05) is 106 Å². The summed E-state index contributed by atoms with van der Waals surface area (Å²) >= 11 is 19.0. The van der Waals surface area contributed by atoms with Crippen molar-refractivity contribution in [3.05, 3.63) is 180 Å². The normalized spacial score (nSPS) is 20.0. The molecule has 0 radical (unpaired) electrons. The average molecular weight is 1580 g/mol. The summed E-state index contributed by atoms with van der Waals surface area (Å²) in [6, 6.07) is 29.4. The van der Waals surface area contributed by atoms with Crippen LogP contribution in [0.15, 0.2) is 146 Å². The van der Waals surface area contributed by atoms with Crippen LogP contribution in [0.1, 0.15) is 166 Å². The number of ether oxygens (including phenoxy) is 6. The monoisotopic (exact) mass is 1580 g/mol. The predicted molar refractivity (Wildman–Crippen MR) is 415 cm³/mol. The first-order chi connectivity index (χ1) is 49.9. The summed E-state index contributed by atoms with van der Waals surface area (Å²) in [5, 5.41) is 12.5. The van der Waals surface area contributed by atoms with E-state index in [4.69, 9.17) is 63.8 Å². The van der Waals surface area contributed by atoms with Crippen LogP contribution in [0, 0.1) is 0 Å². The molecule has 107 heavy (non-hydrogen) atoms. The molecule has 2 aromatic heterocycles. The highest BCUT2D eigenvalue weighted by atomic mass is 35.5. The van der Waals surface area contributed by atoms with E-state index in [1.54, 1.807) is 176 Å². The largest absolute Gasteiger partial charge is 0.444 e. The Morgan fingerprint density at radius 1 is 0.551 bits per heavy atom. The van der Waals surface area contributed by atoms with Gasteiger partial charge < -0.3 is 48.6 Å². The standard InChI is InChI=1S/C22H31FN2O4.C22H31FN2O3S.C20H25FN2O3S.C14H13Cl2FN2O2S/c1-21(2,3)29-20(27)25-17(14-23)19(28-22(25,4)5)16-10-8-15(9-11-16)18(26)12-13-24(6)7;1-21(2,3)28-20(26)25-17(14-23)19(27-22(25,4)5)16-10-8-15(9-11-16)18(29)12-13-24(6)7;1-19(2,3)26-18(24)23-15(12-21)17(25-20(23,4)5)14-8-6-13(7-9-14)16-10-11-22-27-16;15-13(16)14(21)19-10(7-17)12(20)9-3-1-8(2-4-9)11-5-6-18-22-11/h2*8-13,17,19H,14H2,1-7H3;6-11,15,17H,12H2,1-5H3;1-6,10,12-13,20H,7H2,(H,19,21)/b2*13-12+;;/t2*17-,19-;15-,17-;10-,12-/m1111/s1. The molecule has 0 saturated carbocycles. The van der Waals surface area contributed by atoms with Crippen LogP contribution in [0.4, 0.5) is 31.9 Å². The first kappa shape index (κ1) is 88.3. The van der Waals surface area contributed by atoms with Gasteiger partial charge in [-0.2, -0.15) is 0 Å². The van der Waals surface area contributed by atoms with E-state index in [9.17, 15) is 46.6 Å². The molecular weight excluding hydrogens is 1480 g/mol. The number of amides is 4. The average Bonchev–Trinajstić information content (AvgIpc) is 1.62. The zero-order valence-corrected chi connectivity index (χ0v) is 67.9. The lowest BCUT2D eigenvalue weighted by Crippen LogP contribution is -2.50. The lowest BCUT2D eigenvalue weighted by molar-refractivity contribution is -0.121. The van der Waals surface area contributed by atoms with Crippen molar-refractivity contribution in [2.45, 2.75) is 191 Å². The van der Waals surface area contributed by atoms with E-state index in [-0.39, 0.29) is 5.78 Å². The molecule has 9 rings (SSSR count). The van der Waals surface area contributed by atoms with Gasteiger partial charge in [-0.25, -0.2) is 40.7 Å². The van der Waals surface area contributed by atoms with Crippen molar-refractivity contribution in [1.29, 1.82) is 0 Å². The summed E-state index contributed by atoms with van der Waals surface area (Å²) in [4.78, 5) is 70.9. The second kappa shape index (κ2) is 37.7. The zero-order valence-electron chi connectivity index (χ0n) is 63.9. The SMILES string of the molecule is CC(C)(C)OC(=O)N1[C@H](CF)[C@@H](c2ccc(-c3ccns3)cc2)OC1(C)C.CN(C)/C=C/C(=O)c1ccc([C@H]2OC(C)(C)N(C(=O)OC(C)(C)C)[C@@H]2CF)cc1.CN(C)/C=C/C(=S)c1ccc([C@H]2OC(C)(C)N(C(=O)OC(C)(C)C)[C@@H]2CF)cc1.O=C(N[C@H](CF)[C@H](O)c1ccc(-c2ccns2)cc1)C(Cl)Cl. The summed E-state index contributed by atoms with van der Waals surface area (Å²) < 4.78 is 97.9.